The van der Waals surface area contributed by atoms with Gasteiger partial charge >= 0.3 is 0 Å². The van der Waals surface area contributed by atoms with Crippen molar-refractivity contribution in [3.8, 4) is 0 Å². The number of hydrogen-bond acceptors (Lipinski definition) is 6. The van der Waals surface area contributed by atoms with Gasteiger partial charge < -0.3 is 20.7 Å². The summed E-state index contributed by atoms with van der Waals surface area (Å²) in [5.41, 5.74) is 5.89. The van der Waals surface area contributed by atoms with Crippen molar-refractivity contribution in [2.24, 2.45) is 16.6 Å². The highest BCUT2D eigenvalue weighted by atomic mass is 16.3. The molecule has 19 heavy (non-hydrogen) atoms. The van der Waals surface area contributed by atoms with Crippen LogP contribution in [0, 0.1) is 5.92 Å². The Hall–Kier alpha value is -1.31. The third-order valence-electron chi connectivity index (χ3n) is 3.01. The second-order valence-corrected chi connectivity index (χ2v) is 5.19. The lowest BCUT2D eigenvalue weighted by molar-refractivity contribution is -0.158. The molecule has 4 N–H and O–H groups in total. The Morgan fingerprint density at radius 3 is 2.47 bits per heavy atom. The van der Waals surface area contributed by atoms with Crippen LogP contribution < -0.4 is 5.73 Å². The third kappa shape index (κ3) is 2.99. The molecule has 7 heteroatoms. The average Bonchev–Trinajstić information content (AvgIpc) is 2.53. The van der Waals surface area contributed by atoms with E-state index in [1.54, 1.807) is 0 Å². The van der Waals surface area contributed by atoms with E-state index in [0.717, 1.165) is 4.90 Å². The van der Waals surface area contributed by atoms with Gasteiger partial charge in [0.15, 0.2) is 0 Å². The average molecular weight is 271 g/mol. The van der Waals surface area contributed by atoms with Gasteiger partial charge in [0.1, 0.15) is 18.0 Å². The highest BCUT2D eigenvalue weighted by Gasteiger charge is 2.51. The van der Waals surface area contributed by atoms with E-state index >= 15 is 0 Å². The molecule has 3 unspecified atom stereocenters. The number of rotatable bonds is 6. The second kappa shape index (κ2) is 5.77. The molecule has 0 aromatic carbocycles. The lowest BCUT2D eigenvalue weighted by Gasteiger charge is -2.35. The quantitative estimate of drug-likeness (QED) is 0.528. The van der Waals surface area contributed by atoms with Crippen LogP contribution in [-0.2, 0) is 9.59 Å². The van der Waals surface area contributed by atoms with Crippen molar-refractivity contribution in [3.63, 3.8) is 0 Å². The van der Waals surface area contributed by atoms with Gasteiger partial charge in [0.25, 0.3) is 11.8 Å². The molecule has 0 aromatic rings. The molecule has 0 saturated carbocycles. The number of nitrogens with zero attached hydrogens (tertiary/aromatic N) is 2. The Balaban J connectivity index is 3.13. The van der Waals surface area contributed by atoms with E-state index in [4.69, 9.17) is 5.73 Å². The number of amides is 1. The smallest absolute Gasteiger partial charge is 0.272 e. The fraction of sp³-hybridized carbons (Fsp3) is 0.750. The summed E-state index contributed by atoms with van der Waals surface area (Å²) >= 11 is 0. The summed E-state index contributed by atoms with van der Waals surface area (Å²) in [6.07, 6.45) is -0.205. The van der Waals surface area contributed by atoms with Crippen LogP contribution in [0.2, 0.25) is 0 Å². The maximum atomic E-state index is 12.1. The highest BCUT2D eigenvalue weighted by molar-refractivity contribution is 6.40. The van der Waals surface area contributed by atoms with Crippen LogP contribution in [-0.4, -0.2) is 57.6 Å². The zero-order valence-corrected chi connectivity index (χ0v) is 11.4. The van der Waals surface area contributed by atoms with Crippen molar-refractivity contribution in [1.29, 1.82) is 0 Å². The molecule has 0 bridgehead atoms. The zero-order chi connectivity index (χ0) is 14.8. The molecule has 0 aromatic heterocycles. The van der Waals surface area contributed by atoms with Gasteiger partial charge in [-0.3, -0.25) is 9.69 Å². The van der Waals surface area contributed by atoms with E-state index in [1.165, 1.54) is 6.92 Å². The summed E-state index contributed by atoms with van der Waals surface area (Å²) in [7, 11) is 0. The molecule has 0 saturated heterocycles. The van der Waals surface area contributed by atoms with Gasteiger partial charge in [0.2, 0.25) is 0 Å². The molecular formula is C12H21N3O4. The Labute approximate surface area is 112 Å². The topological polar surface area (TPSA) is 116 Å². The largest absolute Gasteiger partial charge is 0.392 e. The molecule has 0 fully saturated rings. The van der Waals surface area contributed by atoms with Crippen LogP contribution in [0.4, 0.5) is 0 Å². The summed E-state index contributed by atoms with van der Waals surface area (Å²) in [6, 6.07) is -1.18. The number of carbonyl (C=O) groups excluding carboxylic acids is 2. The summed E-state index contributed by atoms with van der Waals surface area (Å²) in [5, 5.41) is 20.0. The molecule has 108 valence electrons. The first-order valence-corrected chi connectivity index (χ1v) is 6.24. The maximum absolute atomic E-state index is 12.1. The minimum absolute atomic E-state index is 0.172. The first kappa shape index (κ1) is 15.7. The van der Waals surface area contributed by atoms with Crippen molar-refractivity contribution in [2.45, 2.75) is 45.2 Å². The summed E-state index contributed by atoms with van der Waals surface area (Å²) < 4.78 is 0. The van der Waals surface area contributed by atoms with Gasteiger partial charge in [-0.2, -0.15) is 0 Å². The Morgan fingerprint density at radius 1 is 1.47 bits per heavy atom. The Bertz CT molecular complexity index is 394. The third-order valence-corrected chi connectivity index (χ3v) is 3.01. The van der Waals surface area contributed by atoms with Gasteiger partial charge in [-0.25, -0.2) is 4.99 Å². The van der Waals surface area contributed by atoms with E-state index < -0.39 is 23.9 Å². The van der Waals surface area contributed by atoms with Gasteiger partial charge in [0.05, 0.1) is 12.6 Å². The molecule has 0 spiro atoms. The fourth-order valence-electron chi connectivity index (χ4n) is 2.00. The highest BCUT2D eigenvalue weighted by Crippen LogP contribution is 2.27. The van der Waals surface area contributed by atoms with Crippen LogP contribution in [0.25, 0.3) is 0 Å². The molecule has 7 nitrogen and oxygen atoms in total. The molecule has 1 aliphatic rings. The minimum atomic E-state index is -2.06. The monoisotopic (exact) mass is 271 g/mol. The van der Waals surface area contributed by atoms with Gasteiger partial charge in [-0.1, -0.05) is 13.8 Å². The van der Waals surface area contributed by atoms with Crippen LogP contribution >= 0.6 is 0 Å². The summed E-state index contributed by atoms with van der Waals surface area (Å²) in [4.78, 5) is 27.6. The second-order valence-electron chi connectivity index (χ2n) is 5.19. The normalized spacial score (nSPS) is 26.6. The van der Waals surface area contributed by atoms with Crippen LogP contribution in [0.1, 0.15) is 27.2 Å². The standard InChI is InChI=1S/C12H21N3O4/c1-7(2)6-9-11(18)15(4-5-16)12(19,14-9)10(13)8(3)17/h5,7-8,10,17,19H,4,6,13H2,1-3H3. The lowest BCUT2D eigenvalue weighted by Crippen LogP contribution is -2.62. The van der Waals surface area contributed by atoms with Gasteiger partial charge in [-0.15, -0.1) is 0 Å². The Kier molecular flexibility index (Phi) is 4.78. The molecular weight excluding hydrogens is 250 g/mol. The van der Waals surface area contributed by atoms with E-state index in [-0.39, 0.29) is 18.2 Å². The number of aliphatic imine (C=N–C) groups is 1. The number of carbonyl (C=O) groups is 2. The molecule has 3 atom stereocenters. The molecule has 1 aliphatic heterocycles. The SMILES string of the molecule is CC(C)CC1=NC(O)(C(N)C(C)O)N(CC=O)C1=O. The molecule has 1 heterocycles. The fourth-order valence-corrected chi connectivity index (χ4v) is 2.00. The van der Waals surface area contributed by atoms with E-state index in [9.17, 15) is 19.8 Å². The number of aldehydes is 1. The molecule has 1 amide bonds. The van der Waals surface area contributed by atoms with E-state index in [2.05, 4.69) is 4.99 Å². The Morgan fingerprint density at radius 2 is 2.05 bits per heavy atom. The number of nitrogens with two attached hydrogens (primary N) is 1. The molecule has 1 rings (SSSR count). The van der Waals surface area contributed by atoms with Crippen LogP contribution in [0.15, 0.2) is 4.99 Å². The van der Waals surface area contributed by atoms with Crippen molar-refractivity contribution in [3.05, 3.63) is 0 Å². The minimum Gasteiger partial charge on any atom is -0.392 e. The zero-order valence-electron chi connectivity index (χ0n) is 11.4. The van der Waals surface area contributed by atoms with Crippen molar-refractivity contribution >= 4 is 17.9 Å². The van der Waals surface area contributed by atoms with E-state index in [0.29, 0.717) is 12.7 Å². The first-order chi connectivity index (χ1) is 8.74. The first-order valence-electron chi connectivity index (χ1n) is 6.24. The number of aliphatic hydroxyl groups is 2. The van der Waals surface area contributed by atoms with Gasteiger partial charge in [0, 0.05) is 0 Å². The molecule has 0 radical (unpaired) electrons. The van der Waals surface area contributed by atoms with Gasteiger partial charge in [-0.05, 0) is 19.3 Å². The summed E-state index contributed by atoms with van der Waals surface area (Å²) in [5.74, 6) is -2.40. The lowest BCUT2D eigenvalue weighted by atomic mass is 10.1. The predicted molar refractivity (Wildman–Crippen MR) is 69.3 cm³/mol. The van der Waals surface area contributed by atoms with E-state index in [1.807, 2.05) is 13.8 Å². The van der Waals surface area contributed by atoms with Crippen LogP contribution in [0.3, 0.4) is 0 Å². The van der Waals surface area contributed by atoms with Crippen molar-refractivity contribution < 1.29 is 19.8 Å². The molecule has 0 aliphatic carbocycles. The predicted octanol–water partition coefficient (Wildman–Crippen LogP) is -1.13. The van der Waals surface area contributed by atoms with Crippen molar-refractivity contribution in [1.82, 2.24) is 4.90 Å². The van der Waals surface area contributed by atoms with Crippen LogP contribution in [0.5, 0.6) is 0 Å². The maximum Gasteiger partial charge on any atom is 0.272 e. The summed E-state index contributed by atoms with van der Waals surface area (Å²) in [6.45, 7) is 4.89. The number of hydrogen-bond donors (Lipinski definition) is 3. The van der Waals surface area contributed by atoms with Crippen molar-refractivity contribution in [2.75, 3.05) is 6.54 Å². The number of aliphatic hydroxyl groups excluding tert-OH is 1.